The first-order valence-electron chi connectivity index (χ1n) is 5.24. The van der Waals surface area contributed by atoms with Crippen LogP contribution in [0.4, 0.5) is 0 Å². The Morgan fingerprint density at radius 1 is 1.28 bits per heavy atom. The second-order valence-electron chi connectivity index (χ2n) is 3.87. The van der Waals surface area contributed by atoms with E-state index >= 15 is 0 Å². The molecule has 0 saturated carbocycles. The topological polar surface area (TPSA) is 111 Å². The number of carbonyl (C=O) groups excluding carboxylic acids is 3. The molecule has 4 N–H and O–H groups in total. The van der Waals surface area contributed by atoms with Crippen LogP contribution in [-0.2, 0) is 19.1 Å². The standard InChI is InChI=1S/C10H17N3O4S/c1-5(2)7(10(16)17-3)13-9(15)8(14)12-4-6(11)18/h5,7H,4H2,1-3H3,(H2,11,18)(H,12,14)(H,13,15). The number of methoxy groups -OCH3 is 1. The highest BCUT2D eigenvalue weighted by Gasteiger charge is 2.27. The van der Waals surface area contributed by atoms with E-state index in [0.29, 0.717) is 0 Å². The largest absolute Gasteiger partial charge is 0.467 e. The van der Waals surface area contributed by atoms with Crippen molar-refractivity contribution < 1.29 is 19.1 Å². The van der Waals surface area contributed by atoms with Crippen LogP contribution in [0.1, 0.15) is 13.8 Å². The van der Waals surface area contributed by atoms with Gasteiger partial charge in [-0.2, -0.15) is 0 Å². The Morgan fingerprint density at radius 2 is 1.83 bits per heavy atom. The number of ether oxygens (including phenoxy) is 1. The van der Waals surface area contributed by atoms with E-state index in [-0.39, 0.29) is 17.5 Å². The fourth-order valence-electron chi connectivity index (χ4n) is 1.08. The van der Waals surface area contributed by atoms with E-state index in [1.165, 1.54) is 7.11 Å². The Morgan fingerprint density at radius 3 is 2.22 bits per heavy atom. The van der Waals surface area contributed by atoms with Gasteiger partial charge in [0.15, 0.2) is 0 Å². The number of nitrogens with one attached hydrogen (secondary N) is 2. The summed E-state index contributed by atoms with van der Waals surface area (Å²) in [6.45, 7) is 3.36. The van der Waals surface area contributed by atoms with Crippen molar-refractivity contribution in [2.75, 3.05) is 13.7 Å². The van der Waals surface area contributed by atoms with E-state index in [2.05, 4.69) is 27.6 Å². The number of hydrogen-bond acceptors (Lipinski definition) is 5. The minimum absolute atomic E-state index is 0.0597. The fraction of sp³-hybridized carbons (Fsp3) is 0.600. The minimum Gasteiger partial charge on any atom is -0.467 e. The van der Waals surface area contributed by atoms with Crippen LogP contribution in [0.2, 0.25) is 0 Å². The third kappa shape index (κ3) is 5.58. The van der Waals surface area contributed by atoms with Gasteiger partial charge < -0.3 is 21.1 Å². The van der Waals surface area contributed by atoms with E-state index in [4.69, 9.17) is 5.73 Å². The van der Waals surface area contributed by atoms with Gasteiger partial charge in [-0.25, -0.2) is 4.79 Å². The monoisotopic (exact) mass is 275 g/mol. The third-order valence-electron chi connectivity index (χ3n) is 2.04. The summed E-state index contributed by atoms with van der Waals surface area (Å²) in [6.07, 6.45) is 0. The van der Waals surface area contributed by atoms with Crippen LogP contribution in [0, 0.1) is 5.92 Å². The lowest BCUT2D eigenvalue weighted by molar-refractivity contribution is -0.148. The first-order valence-corrected chi connectivity index (χ1v) is 5.65. The zero-order valence-corrected chi connectivity index (χ0v) is 11.3. The maximum absolute atomic E-state index is 11.5. The molecule has 102 valence electrons. The van der Waals surface area contributed by atoms with Crippen molar-refractivity contribution >= 4 is 35.0 Å². The SMILES string of the molecule is COC(=O)C(NC(=O)C(=O)NCC(N)=S)C(C)C. The maximum atomic E-state index is 11.5. The molecule has 1 atom stereocenters. The highest BCUT2D eigenvalue weighted by Crippen LogP contribution is 2.03. The van der Waals surface area contributed by atoms with Crippen molar-refractivity contribution in [3.8, 4) is 0 Å². The van der Waals surface area contributed by atoms with Gasteiger partial charge in [0.05, 0.1) is 18.6 Å². The first kappa shape index (κ1) is 16.3. The van der Waals surface area contributed by atoms with E-state index in [0.717, 1.165) is 0 Å². The molecule has 0 aliphatic carbocycles. The van der Waals surface area contributed by atoms with Gasteiger partial charge in [-0.1, -0.05) is 26.1 Å². The Balaban J connectivity index is 4.46. The number of rotatable bonds is 5. The van der Waals surface area contributed by atoms with E-state index in [1.54, 1.807) is 13.8 Å². The molecule has 0 rings (SSSR count). The summed E-state index contributed by atoms with van der Waals surface area (Å²) in [5, 5.41) is 4.49. The molecule has 0 aliphatic rings. The van der Waals surface area contributed by atoms with Gasteiger partial charge in [-0.3, -0.25) is 9.59 Å². The number of nitrogens with two attached hydrogens (primary N) is 1. The van der Waals surface area contributed by atoms with Crippen LogP contribution in [0.3, 0.4) is 0 Å². The van der Waals surface area contributed by atoms with E-state index in [1.807, 2.05) is 0 Å². The van der Waals surface area contributed by atoms with Crippen molar-refractivity contribution in [3.63, 3.8) is 0 Å². The van der Waals surface area contributed by atoms with Gasteiger partial charge in [0, 0.05) is 0 Å². The second-order valence-corrected chi connectivity index (χ2v) is 4.39. The van der Waals surface area contributed by atoms with Crippen LogP contribution in [0.5, 0.6) is 0 Å². The van der Waals surface area contributed by atoms with E-state index in [9.17, 15) is 14.4 Å². The lowest BCUT2D eigenvalue weighted by Gasteiger charge is -2.19. The van der Waals surface area contributed by atoms with Crippen molar-refractivity contribution in [1.82, 2.24) is 10.6 Å². The molecule has 18 heavy (non-hydrogen) atoms. The molecular weight excluding hydrogens is 258 g/mol. The lowest BCUT2D eigenvalue weighted by Crippen LogP contribution is -2.51. The summed E-state index contributed by atoms with van der Waals surface area (Å²) < 4.78 is 4.53. The summed E-state index contributed by atoms with van der Waals surface area (Å²) in [5.41, 5.74) is 5.17. The van der Waals surface area contributed by atoms with E-state index < -0.39 is 23.8 Å². The Kier molecular flexibility index (Phi) is 6.88. The van der Waals surface area contributed by atoms with Crippen LogP contribution >= 0.6 is 12.2 Å². The molecule has 0 spiro atoms. The summed E-state index contributed by atoms with van der Waals surface area (Å²) in [6, 6.07) is -0.877. The number of carbonyl (C=O) groups is 3. The molecule has 0 heterocycles. The predicted octanol–water partition coefficient (Wildman–Crippen LogP) is -1.30. The molecule has 0 bridgehead atoms. The van der Waals surface area contributed by atoms with Gasteiger partial charge >= 0.3 is 17.8 Å². The summed E-state index contributed by atoms with van der Waals surface area (Å²) >= 11 is 4.55. The summed E-state index contributed by atoms with van der Waals surface area (Å²) in [4.78, 5) is 34.2. The molecular formula is C10H17N3O4S. The second kappa shape index (κ2) is 7.59. The predicted molar refractivity (Wildman–Crippen MR) is 68.6 cm³/mol. The zero-order valence-electron chi connectivity index (χ0n) is 10.5. The number of thiocarbonyl (C=S) groups is 1. The normalized spacial score (nSPS) is 11.6. The minimum atomic E-state index is -0.935. The Labute approximate surface area is 110 Å². The average molecular weight is 275 g/mol. The average Bonchev–Trinajstić information content (AvgIpc) is 2.30. The zero-order chi connectivity index (χ0) is 14.3. The van der Waals surface area contributed by atoms with Gasteiger partial charge in [-0.15, -0.1) is 0 Å². The quantitative estimate of drug-likeness (QED) is 0.327. The van der Waals surface area contributed by atoms with Crippen molar-refractivity contribution in [2.45, 2.75) is 19.9 Å². The van der Waals surface area contributed by atoms with Gasteiger partial charge in [-0.05, 0) is 5.92 Å². The summed E-state index contributed by atoms with van der Waals surface area (Å²) in [5.74, 6) is -2.65. The number of esters is 1. The maximum Gasteiger partial charge on any atom is 0.328 e. The molecule has 0 radical (unpaired) electrons. The molecule has 0 aromatic carbocycles. The molecule has 0 fully saturated rings. The Hall–Kier alpha value is -1.70. The highest BCUT2D eigenvalue weighted by molar-refractivity contribution is 7.80. The summed E-state index contributed by atoms with van der Waals surface area (Å²) in [7, 11) is 1.21. The van der Waals surface area contributed by atoms with Crippen molar-refractivity contribution in [2.24, 2.45) is 11.7 Å². The van der Waals surface area contributed by atoms with Crippen LogP contribution < -0.4 is 16.4 Å². The number of hydrogen-bond donors (Lipinski definition) is 3. The smallest absolute Gasteiger partial charge is 0.328 e. The van der Waals surface area contributed by atoms with Crippen LogP contribution in [-0.4, -0.2) is 42.5 Å². The molecule has 7 nitrogen and oxygen atoms in total. The molecule has 0 aromatic rings. The molecule has 0 saturated heterocycles. The van der Waals surface area contributed by atoms with Gasteiger partial charge in [0.1, 0.15) is 6.04 Å². The Bertz CT molecular complexity index is 357. The van der Waals surface area contributed by atoms with Crippen molar-refractivity contribution in [3.05, 3.63) is 0 Å². The third-order valence-corrected chi connectivity index (χ3v) is 2.18. The molecule has 1 unspecified atom stereocenters. The fourth-order valence-corrected chi connectivity index (χ4v) is 1.15. The molecule has 2 amide bonds. The first-order chi connectivity index (χ1) is 8.29. The molecule has 8 heteroatoms. The van der Waals surface area contributed by atoms with Gasteiger partial charge in [0.2, 0.25) is 0 Å². The van der Waals surface area contributed by atoms with Gasteiger partial charge in [0.25, 0.3) is 0 Å². The molecule has 0 aromatic heterocycles. The highest BCUT2D eigenvalue weighted by atomic mass is 32.1. The lowest BCUT2D eigenvalue weighted by atomic mass is 10.0. The number of amides is 2. The van der Waals surface area contributed by atoms with Crippen LogP contribution in [0.25, 0.3) is 0 Å². The molecule has 0 aliphatic heterocycles. The van der Waals surface area contributed by atoms with Crippen LogP contribution in [0.15, 0.2) is 0 Å². The van der Waals surface area contributed by atoms with Crippen molar-refractivity contribution in [1.29, 1.82) is 0 Å².